The summed E-state index contributed by atoms with van der Waals surface area (Å²) in [6.45, 7) is 1.05. The van der Waals surface area contributed by atoms with Gasteiger partial charge in [0.15, 0.2) is 0 Å². The molecule has 4 aliphatic rings. The zero-order valence-electron chi connectivity index (χ0n) is 13.2. The van der Waals surface area contributed by atoms with Gasteiger partial charge in [0.1, 0.15) is 0 Å². The molecule has 4 fully saturated rings. The van der Waals surface area contributed by atoms with Gasteiger partial charge < -0.3 is 10.6 Å². The van der Waals surface area contributed by atoms with Gasteiger partial charge in [0, 0.05) is 30.8 Å². The summed E-state index contributed by atoms with van der Waals surface area (Å²) >= 11 is 5.56. The smallest absolute Gasteiger partial charge is 0.226 e. The average molecular weight is 327 g/mol. The van der Waals surface area contributed by atoms with Gasteiger partial charge in [0.05, 0.1) is 0 Å². The van der Waals surface area contributed by atoms with E-state index in [4.69, 9.17) is 11.6 Å². The zero-order valence-corrected chi connectivity index (χ0v) is 14.0. The Balaban J connectivity index is 1.42. The highest BCUT2D eigenvalue weighted by Crippen LogP contribution is 2.60. The number of carbonyl (C=O) groups excluding carboxylic acids is 2. The molecule has 4 aliphatic carbocycles. The summed E-state index contributed by atoms with van der Waals surface area (Å²) < 4.78 is 0. The van der Waals surface area contributed by atoms with E-state index in [-0.39, 0.29) is 17.2 Å². The Morgan fingerprint density at radius 1 is 0.955 bits per heavy atom. The number of hydrogen-bond acceptors (Lipinski definition) is 2. The molecule has 5 heteroatoms. The molecule has 0 atom stereocenters. The van der Waals surface area contributed by atoms with Gasteiger partial charge in [-0.3, -0.25) is 9.59 Å². The largest absolute Gasteiger partial charge is 0.354 e. The molecule has 4 saturated carbocycles. The number of nitrogens with one attached hydrogen (secondary N) is 2. The predicted octanol–water partition coefficient (Wildman–Crippen LogP) is 2.45. The van der Waals surface area contributed by atoms with Crippen LogP contribution in [-0.4, -0.2) is 30.8 Å². The van der Waals surface area contributed by atoms with E-state index in [0.29, 0.717) is 31.8 Å². The minimum atomic E-state index is -0.0859. The lowest BCUT2D eigenvalue weighted by Gasteiger charge is -2.55. The van der Waals surface area contributed by atoms with Gasteiger partial charge in [-0.2, -0.15) is 0 Å². The van der Waals surface area contributed by atoms with Crippen LogP contribution in [0.1, 0.15) is 51.4 Å². The maximum Gasteiger partial charge on any atom is 0.226 e. The highest BCUT2D eigenvalue weighted by atomic mass is 35.5. The molecule has 0 aromatic heterocycles. The Morgan fingerprint density at radius 3 is 2.05 bits per heavy atom. The van der Waals surface area contributed by atoms with E-state index in [1.165, 1.54) is 19.3 Å². The Hall–Kier alpha value is -0.770. The Kier molecular flexibility index (Phi) is 4.96. The summed E-state index contributed by atoms with van der Waals surface area (Å²) in [7, 11) is 0. The second-order valence-electron chi connectivity index (χ2n) is 7.60. The molecule has 4 rings (SSSR count). The maximum atomic E-state index is 12.7. The second-order valence-corrected chi connectivity index (χ2v) is 7.97. The zero-order chi connectivity index (χ0) is 15.6. The first kappa shape index (κ1) is 16.1. The molecule has 0 unspecified atom stereocenters. The van der Waals surface area contributed by atoms with Crippen LogP contribution in [-0.2, 0) is 9.59 Å². The van der Waals surface area contributed by atoms with E-state index < -0.39 is 0 Å². The number of rotatable bonds is 7. The molecule has 0 aromatic rings. The third kappa shape index (κ3) is 3.42. The highest BCUT2D eigenvalue weighted by Gasteiger charge is 2.54. The quantitative estimate of drug-likeness (QED) is 0.557. The van der Waals surface area contributed by atoms with Crippen molar-refractivity contribution in [3.63, 3.8) is 0 Å². The molecular weight excluding hydrogens is 300 g/mol. The molecule has 0 aliphatic heterocycles. The second kappa shape index (κ2) is 6.77. The van der Waals surface area contributed by atoms with Crippen LogP contribution < -0.4 is 10.6 Å². The van der Waals surface area contributed by atoms with E-state index in [1.54, 1.807) is 0 Å². The first-order valence-electron chi connectivity index (χ1n) is 8.72. The van der Waals surface area contributed by atoms with Crippen molar-refractivity contribution in [2.24, 2.45) is 23.2 Å². The third-order valence-corrected chi connectivity index (χ3v) is 6.06. The Bertz CT molecular complexity index is 403. The molecule has 0 aromatic carbocycles. The van der Waals surface area contributed by atoms with Gasteiger partial charge in [-0.25, -0.2) is 0 Å². The van der Waals surface area contributed by atoms with Crippen molar-refractivity contribution in [1.29, 1.82) is 0 Å². The van der Waals surface area contributed by atoms with E-state index >= 15 is 0 Å². The topological polar surface area (TPSA) is 58.2 Å². The molecule has 2 N–H and O–H groups in total. The normalized spacial score (nSPS) is 35.4. The molecular formula is C17H27ClN2O2. The van der Waals surface area contributed by atoms with Crippen molar-refractivity contribution in [1.82, 2.24) is 10.6 Å². The van der Waals surface area contributed by atoms with Crippen LogP contribution in [0.4, 0.5) is 0 Å². The van der Waals surface area contributed by atoms with Crippen LogP contribution in [0.3, 0.4) is 0 Å². The molecule has 0 heterocycles. The molecule has 4 bridgehead atoms. The lowest BCUT2D eigenvalue weighted by atomic mass is 9.49. The van der Waals surface area contributed by atoms with Crippen LogP contribution in [0.2, 0.25) is 0 Å². The number of amides is 2. The standard InChI is InChI=1S/C17H27ClN2O2/c18-3-1-2-15(21)19-4-5-20-16(22)17-9-12-6-13(10-17)8-14(7-12)11-17/h12-14H,1-11H2,(H,19,21)(H,20,22). The van der Waals surface area contributed by atoms with Gasteiger partial charge in [-0.05, 0) is 62.7 Å². The maximum absolute atomic E-state index is 12.7. The number of hydrogen-bond donors (Lipinski definition) is 2. The van der Waals surface area contributed by atoms with Gasteiger partial charge in [-0.15, -0.1) is 11.6 Å². The first-order chi connectivity index (χ1) is 10.6. The van der Waals surface area contributed by atoms with Crippen molar-refractivity contribution in [3.05, 3.63) is 0 Å². The van der Waals surface area contributed by atoms with Crippen molar-refractivity contribution in [2.75, 3.05) is 19.0 Å². The summed E-state index contributed by atoms with van der Waals surface area (Å²) in [5.74, 6) is 3.12. The molecule has 0 radical (unpaired) electrons. The van der Waals surface area contributed by atoms with Crippen LogP contribution in [0.5, 0.6) is 0 Å². The number of alkyl halides is 1. The van der Waals surface area contributed by atoms with Crippen LogP contribution >= 0.6 is 11.6 Å². The molecule has 22 heavy (non-hydrogen) atoms. The number of halogens is 1. The fourth-order valence-electron chi connectivity index (χ4n) is 5.27. The third-order valence-electron chi connectivity index (χ3n) is 5.79. The lowest BCUT2D eigenvalue weighted by molar-refractivity contribution is -0.146. The monoisotopic (exact) mass is 326 g/mol. The summed E-state index contributed by atoms with van der Waals surface area (Å²) in [6.07, 6.45) is 8.49. The van der Waals surface area contributed by atoms with Gasteiger partial charge >= 0.3 is 0 Å². The Morgan fingerprint density at radius 2 is 1.50 bits per heavy atom. The van der Waals surface area contributed by atoms with E-state index in [0.717, 1.165) is 37.0 Å². The van der Waals surface area contributed by atoms with E-state index in [9.17, 15) is 9.59 Å². The summed E-state index contributed by atoms with van der Waals surface area (Å²) in [5.41, 5.74) is -0.0859. The first-order valence-corrected chi connectivity index (χ1v) is 9.26. The highest BCUT2D eigenvalue weighted by molar-refractivity contribution is 6.17. The number of carbonyl (C=O) groups is 2. The van der Waals surface area contributed by atoms with Crippen LogP contribution in [0, 0.1) is 23.2 Å². The minimum Gasteiger partial charge on any atom is -0.354 e. The van der Waals surface area contributed by atoms with Crippen molar-refractivity contribution < 1.29 is 9.59 Å². The molecule has 2 amide bonds. The average Bonchev–Trinajstić information content (AvgIpc) is 2.48. The summed E-state index contributed by atoms with van der Waals surface area (Å²) in [6, 6.07) is 0. The van der Waals surface area contributed by atoms with E-state index in [1.807, 2.05) is 0 Å². The van der Waals surface area contributed by atoms with Gasteiger partial charge in [0.25, 0.3) is 0 Å². The molecule has 4 nitrogen and oxygen atoms in total. The fourth-order valence-corrected chi connectivity index (χ4v) is 5.40. The van der Waals surface area contributed by atoms with Gasteiger partial charge in [0.2, 0.25) is 11.8 Å². The lowest BCUT2D eigenvalue weighted by Crippen LogP contribution is -2.54. The van der Waals surface area contributed by atoms with E-state index in [2.05, 4.69) is 10.6 Å². The molecule has 124 valence electrons. The van der Waals surface area contributed by atoms with Crippen molar-refractivity contribution in [3.8, 4) is 0 Å². The van der Waals surface area contributed by atoms with Crippen LogP contribution in [0.15, 0.2) is 0 Å². The summed E-state index contributed by atoms with van der Waals surface area (Å²) in [5, 5.41) is 5.91. The summed E-state index contributed by atoms with van der Waals surface area (Å²) in [4.78, 5) is 24.2. The minimum absolute atomic E-state index is 0.0182. The van der Waals surface area contributed by atoms with Crippen molar-refractivity contribution in [2.45, 2.75) is 51.4 Å². The van der Waals surface area contributed by atoms with Gasteiger partial charge in [-0.1, -0.05) is 0 Å². The van der Waals surface area contributed by atoms with Crippen LogP contribution in [0.25, 0.3) is 0 Å². The molecule has 0 spiro atoms. The van der Waals surface area contributed by atoms with Crippen molar-refractivity contribution >= 4 is 23.4 Å². The molecule has 0 saturated heterocycles. The SMILES string of the molecule is O=C(CCCCl)NCCNC(=O)C12CC3CC(CC(C3)C1)C2. The fraction of sp³-hybridized carbons (Fsp3) is 0.882. The predicted molar refractivity (Wildman–Crippen MR) is 86.6 cm³/mol. The Labute approximate surface area is 137 Å².